The van der Waals surface area contributed by atoms with Crippen molar-refractivity contribution in [3.8, 4) is 11.5 Å². The van der Waals surface area contributed by atoms with E-state index in [-0.39, 0.29) is 17.2 Å². The first-order valence-corrected chi connectivity index (χ1v) is 12.4. The van der Waals surface area contributed by atoms with Crippen molar-refractivity contribution in [2.75, 3.05) is 6.61 Å². The second-order valence-corrected chi connectivity index (χ2v) is 9.66. The highest BCUT2D eigenvalue weighted by Crippen LogP contribution is 2.37. The number of halogens is 1. The number of benzene rings is 3. The van der Waals surface area contributed by atoms with Gasteiger partial charge in [0.2, 0.25) is 0 Å². The topological polar surface area (TPSA) is 120 Å². The molecule has 0 saturated carbocycles. The summed E-state index contributed by atoms with van der Waals surface area (Å²) < 4.78 is 36.9. The van der Waals surface area contributed by atoms with E-state index in [0.717, 1.165) is 11.1 Å². The van der Waals surface area contributed by atoms with Crippen LogP contribution in [0.15, 0.2) is 75.1 Å². The van der Waals surface area contributed by atoms with Crippen molar-refractivity contribution in [3.63, 3.8) is 0 Å². The molecule has 0 bridgehead atoms. The van der Waals surface area contributed by atoms with E-state index in [1.54, 1.807) is 36.4 Å². The van der Waals surface area contributed by atoms with E-state index in [9.17, 15) is 18.5 Å². The highest BCUT2D eigenvalue weighted by atomic mass is 79.9. The molecule has 0 saturated heterocycles. The Kier molecular flexibility index (Phi) is 8.24. The molecule has 11 heteroatoms. The van der Waals surface area contributed by atoms with Gasteiger partial charge in [0.25, 0.3) is 15.7 Å². The van der Waals surface area contributed by atoms with Crippen molar-refractivity contribution in [3.05, 3.63) is 91.9 Å². The molecule has 0 aliphatic carbocycles. The van der Waals surface area contributed by atoms with Crippen LogP contribution in [0.3, 0.4) is 0 Å². The average molecular weight is 548 g/mol. The van der Waals surface area contributed by atoms with E-state index in [0.29, 0.717) is 28.1 Å². The Morgan fingerprint density at radius 1 is 1.09 bits per heavy atom. The lowest BCUT2D eigenvalue weighted by molar-refractivity contribution is -0.384. The molecule has 0 heterocycles. The van der Waals surface area contributed by atoms with Crippen LogP contribution in [-0.4, -0.2) is 26.2 Å². The molecular weight excluding hydrogens is 526 g/mol. The zero-order valence-corrected chi connectivity index (χ0v) is 20.8. The van der Waals surface area contributed by atoms with Gasteiger partial charge in [-0.25, -0.2) is 4.83 Å². The summed E-state index contributed by atoms with van der Waals surface area (Å²) >= 11 is 3.45. The Hall–Kier alpha value is -3.44. The molecule has 0 radical (unpaired) electrons. The minimum Gasteiger partial charge on any atom is -0.490 e. The predicted octanol–water partition coefficient (Wildman–Crippen LogP) is 4.96. The van der Waals surface area contributed by atoms with Gasteiger partial charge < -0.3 is 9.47 Å². The third-order valence-electron chi connectivity index (χ3n) is 4.58. The van der Waals surface area contributed by atoms with Gasteiger partial charge in [-0.15, -0.1) is 0 Å². The molecule has 0 aliphatic rings. The van der Waals surface area contributed by atoms with Crippen LogP contribution >= 0.6 is 15.9 Å². The number of hydrogen-bond acceptors (Lipinski definition) is 7. The molecule has 0 unspecified atom stereocenters. The van der Waals surface area contributed by atoms with Crippen LogP contribution in [0, 0.1) is 17.0 Å². The lowest BCUT2D eigenvalue weighted by Gasteiger charge is -2.14. The summed E-state index contributed by atoms with van der Waals surface area (Å²) in [4.78, 5) is 12.6. The fourth-order valence-electron chi connectivity index (χ4n) is 2.88. The monoisotopic (exact) mass is 547 g/mol. The summed E-state index contributed by atoms with van der Waals surface area (Å²) in [7, 11) is -3.79. The van der Waals surface area contributed by atoms with Crippen LogP contribution in [0.5, 0.6) is 11.5 Å². The Bertz CT molecular complexity index is 1290. The van der Waals surface area contributed by atoms with E-state index in [2.05, 4.69) is 25.9 Å². The van der Waals surface area contributed by atoms with Gasteiger partial charge in [-0.1, -0.05) is 17.7 Å². The van der Waals surface area contributed by atoms with E-state index in [1.807, 2.05) is 13.8 Å². The Morgan fingerprint density at radius 2 is 1.76 bits per heavy atom. The number of hydrogen-bond donors (Lipinski definition) is 1. The average Bonchev–Trinajstić information content (AvgIpc) is 2.79. The number of rotatable bonds is 10. The van der Waals surface area contributed by atoms with E-state index in [4.69, 9.17) is 9.47 Å². The van der Waals surface area contributed by atoms with E-state index in [1.165, 1.54) is 30.5 Å². The van der Waals surface area contributed by atoms with Gasteiger partial charge in [0.1, 0.15) is 6.61 Å². The Labute approximate surface area is 205 Å². The van der Waals surface area contributed by atoms with Crippen molar-refractivity contribution < 1.29 is 22.8 Å². The van der Waals surface area contributed by atoms with Crippen LogP contribution in [0.2, 0.25) is 0 Å². The number of hydrazone groups is 1. The molecule has 3 aromatic rings. The predicted molar refractivity (Wildman–Crippen MR) is 132 cm³/mol. The molecule has 0 aliphatic heterocycles. The first-order chi connectivity index (χ1) is 16.2. The van der Waals surface area contributed by atoms with Crippen molar-refractivity contribution in [1.29, 1.82) is 0 Å². The zero-order chi connectivity index (χ0) is 24.7. The van der Waals surface area contributed by atoms with Gasteiger partial charge in [0.05, 0.1) is 27.1 Å². The largest absolute Gasteiger partial charge is 0.490 e. The van der Waals surface area contributed by atoms with Gasteiger partial charge in [0.15, 0.2) is 11.5 Å². The normalized spacial score (nSPS) is 11.4. The molecule has 3 aromatic carbocycles. The number of non-ortho nitro benzene ring substituents is 1. The van der Waals surface area contributed by atoms with Gasteiger partial charge in [-0.2, -0.15) is 13.5 Å². The standard InChI is InChI=1S/C23H22BrN3O6S/c1-3-32-22-13-18(14-25-26-34(30,31)20-10-4-16(2)5-11-20)12-21(24)23(22)33-15-17-6-8-19(9-7-17)27(28)29/h4-14,26H,3,15H2,1-2H3/b25-14-. The highest BCUT2D eigenvalue weighted by Gasteiger charge is 2.14. The summed E-state index contributed by atoms with van der Waals surface area (Å²) in [6.45, 7) is 4.24. The molecule has 3 rings (SSSR count). The number of aryl methyl sites for hydroxylation is 1. The zero-order valence-electron chi connectivity index (χ0n) is 18.4. The molecule has 0 atom stereocenters. The third kappa shape index (κ3) is 6.55. The molecule has 0 aromatic heterocycles. The van der Waals surface area contributed by atoms with Crippen LogP contribution in [0.1, 0.15) is 23.6 Å². The van der Waals surface area contributed by atoms with Crippen molar-refractivity contribution >= 4 is 37.9 Å². The molecule has 178 valence electrons. The van der Waals surface area contributed by atoms with E-state index >= 15 is 0 Å². The number of ether oxygens (including phenoxy) is 2. The molecule has 0 spiro atoms. The molecule has 34 heavy (non-hydrogen) atoms. The Balaban J connectivity index is 1.74. The summed E-state index contributed by atoms with van der Waals surface area (Å²) in [5.74, 6) is 0.874. The van der Waals surface area contributed by atoms with Crippen LogP contribution < -0.4 is 14.3 Å². The van der Waals surface area contributed by atoms with Gasteiger partial charge in [-0.3, -0.25) is 10.1 Å². The van der Waals surface area contributed by atoms with Gasteiger partial charge in [0, 0.05) is 12.1 Å². The summed E-state index contributed by atoms with van der Waals surface area (Å²) in [5, 5.41) is 14.7. The first-order valence-electron chi connectivity index (χ1n) is 10.1. The summed E-state index contributed by atoms with van der Waals surface area (Å²) in [6, 6.07) is 15.9. The van der Waals surface area contributed by atoms with Gasteiger partial charge in [-0.05, 0) is 77.3 Å². The fraction of sp³-hybridized carbons (Fsp3) is 0.174. The van der Waals surface area contributed by atoms with Crippen molar-refractivity contribution in [2.24, 2.45) is 5.10 Å². The summed E-state index contributed by atoms with van der Waals surface area (Å²) in [5.41, 5.74) is 2.27. The second kappa shape index (κ2) is 11.1. The van der Waals surface area contributed by atoms with Crippen molar-refractivity contribution in [1.82, 2.24) is 4.83 Å². The third-order valence-corrected chi connectivity index (χ3v) is 6.41. The number of nitrogens with zero attached hydrogens (tertiary/aromatic N) is 2. The van der Waals surface area contributed by atoms with Crippen LogP contribution in [-0.2, 0) is 16.6 Å². The number of nitro benzene ring substituents is 1. The minimum absolute atomic E-state index is 0.00146. The van der Waals surface area contributed by atoms with Crippen LogP contribution in [0.25, 0.3) is 0 Å². The molecule has 0 fully saturated rings. The van der Waals surface area contributed by atoms with Crippen molar-refractivity contribution in [2.45, 2.75) is 25.3 Å². The number of nitrogens with one attached hydrogen (secondary N) is 1. The number of nitro groups is 1. The SMILES string of the molecule is CCOc1cc(/C=N\NS(=O)(=O)c2ccc(C)cc2)cc(Br)c1OCc1ccc([N+](=O)[O-])cc1. The summed E-state index contributed by atoms with van der Waals surface area (Å²) in [6.07, 6.45) is 1.36. The van der Waals surface area contributed by atoms with Gasteiger partial charge >= 0.3 is 0 Å². The number of sulfonamides is 1. The minimum atomic E-state index is -3.79. The molecule has 9 nitrogen and oxygen atoms in total. The quantitative estimate of drug-likeness (QED) is 0.217. The maximum absolute atomic E-state index is 12.4. The second-order valence-electron chi connectivity index (χ2n) is 7.14. The lowest BCUT2D eigenvalue weighted by Crippen LogP contribution is -2.18. The first kappa shape index (κ1) is 25.2. The fourth-order valence-corrected chi connectivity index (χ4v) is 4.24. The lowest BCUT2D eigenvalue weighted by atomic mass is 10.2. The highest BCUT2D eigenvalue weighted by molar-refractivity contribution is 9.10. The maximum atomic E-state index is 12.4. The smallest absolute Gasteiger partial charge is 0.276 e. The molecule has 1 N–H and O–H groups in total. The van der Waals surface area contributed by atoms with E-state index < -0.39 is 14.9 Å². The Morgan fingerprint density at radius 3 is 2.38 bits per heavy atom. The molecular formula is C23H22BrN3O6S. The molecule has 0 amide bonds. The van der Waals surface area contributed by atoms with Crippen LogP contribution in [0.4, 0.5) is 5.69 Å². The maximum Gasteiger partial charge on any atom is 0.276 e.